The summed E-state index contributed by atoms with van der Waals surface area (Å²) in [6.07, 6.45) is 0. The van der Waals surface area contributed by atoms with Gasteiger partial charge < -0.3 is 5.32 Å². The van der Waals surface area contributed by atoms with Crippen LogP contribution in [0.2, 0.25) is 0 Å². The van der Waals surface area contributed by atoms with Gasteiger partial charge in [0.25, 0.3) is 10.0 Å². The number of hydrogen-bond donors (Lipinski definition) is 1. The van der Waals surface area contributed by atoms with Gasteiger partial charge in [0, 0.05) is 13.1 Å². The second-order valence-corrected chi connectivity index (χ2v) is 7.86. The third kappa shape index (κ3) is 2.65. The Morgan fingerprint density at radius 1 is 1.23 bits per heavy atom. The average Bonchev–Trinajstić information content (AvgIpc) is 3.03. The lowest BCUT2D eigenvalue weighted by Crippen LogP contribution is -2.51. The van der Waals surface area contributed by atoms with Crippen LogP contribution in [0, 0.1) is 5.82 Å². The lowest BCUT2D eigenvalue weighted by molar-refractivity contribution is -0.126. The van der Waals surface area contributed by atoms with Crippen LogP contribution in [0.4, 0.5) is 4.39 Å². The lowest BCUT2D eigenvalue weighted by Gasteiger charge is -2.33. The normalized spacial score (nSPS) is 19.9. The zero-order valence-electron chi connectivity index (χ0n) is 11.4. The highest BCUT2D eigenvalue weighted by molar-refractivity contribution is 7.91. The molecular formula is C14H13FN2O3S2. The van der Waals surface area contributed by atoms with E-state index in [1.54, 1.807) is 11.4 Å². The molecule has 2 heterocycles. The number of rotatable bonds is 3. The Labute approximate surface area is 131 Å². The number of piperazine rings is 1. The molecule has 1 saturated heterocycles. The number of carbonyl (C=O) groups excluding carboxylic acids is 1. The Balaban J connectivity index is 2.04. The number of amides is 1. The van der Waals surface area contributed by atoms with Crippen LogP contribution in [0.5, 0.6) is 0 Å². The largest absolute Gasteiger partial charge is 0.353 e. The number of benzene rings is 1. The number of hydrogen-bond acceptors (Lipinski definition) is 4. The maximum absolute atomic E-state index is 13.1. The summed E-state index contributed by atoms with van der Waals surface area (Å²) in [4.78, 5) is 12.2. The van der Waals surface area contributed by atoms with Gasteiger partial charge in [-0.2, -0.15) is 4.31 Å². The maximum Gasteiger partial charge on any atom is 0.253 e. The van der Waals surface area contributed by atoms with E-state index in [0.29, 0.717) is 5.56 Å². The first-order valence-corrected chi connectivity index (χ1v) is 8.90. The molecule has 1 aromatic carbocycles. The molecule has 1 aromatic heterocycles. The van der Waals surface area contributed by atoms with Crippen molar-refractivity contribution in [3.8, 4) is 0 Å². The topological polar surface area (TPSA) is 66.5 Å². The fraction of sp³-hybridized carbons (Fsp3) is 0.214. The highest BCUT2D eigenvalue weighted by Gasteiger charge is 2.39. The van der Waals surface area contributed by atoms with Gasteiger partial charge >= 0.3 is 0 Å². The SMILES string of the molecule is O=C1NCCN(S(=O)(=O)c2cccs2)C1c1ccc(F)cc1. The van der Waals surface area contributed by atoms with Gasteiger partial charge in [-0.25, -0.2) is 12.8 Å². The van der Waals surface area contributed by atoms with Crippen LogP contribution in [-0.4, -0.2) is 31.7 Å². The molecule has 0 saturated carbocycles. The Hall–Kier alpha value is -1.77. The van der Waals surface area contributed by atoms with Crippen molar-refractivity contribution in [1.82, 2.24) is 9.62 Å². The number of nitrogens with one attached hydrogen (secondary N) is 1. The van der Waals surface area contributed by atoms with Gasteiger partial charge in [-0.3, -0.25) is 4.79 Å². The molecule has 1 N–H and O–H groups in total. The summed E-state index contributed by atoms with van der Waals surface area (Å²) in [5, 5.41) is 4.33. The molecule has 1 aliphatic heterocycles. The number of thiophene rings is 1. The van der Waals surface area contributed by atoms with Gasteiger partial charge in [-0.15, -0.1) is 11.3 Å². The van der Waals surface area contributed by atoms with E-state index >= 15 is 0 Å². The van der Waals surface area contributed by atoms with Crippen LogP contribution in [0.25, 0.3) is 0 Å². The van der Waals surface area contributed by atoms with Crippen molar-refractivity contribution < 1.29 is 17.6 Å². The predicted molar refractivity (Wildman–Crippen MR) is 80.4 cm³/mol. The quantitative estimate of drug-likeness (QED) is 0.926. The zero-order valence-corrected chi connectivity index (χ0v) is 13.0. The summed E-state index contributed by atoms with van der Waals surface area (Å²) in [6, 6.07) is 7.47. The standard InChI is InChI=1S/C14H13FN2O3S2/c15-11-5-3-10(4-6-11)13-14(18)16-7-8-17(13)22(19,20)12-2-1-9-21-12/h1-6,9,13H,7-8H2,(H,16,18). The minimum atomic E-state index is -3.76. The Morgan fingerprint density at radius 3 is 2.59 bits per heavy atom. The number of halogens is 1. The number of carbonyl (C=O) groups is 1. The van der Waals surface area contributed by atoms with Crippen molar-refractivity contribution in [2.45, 2.75) is 10.3 Å². The second-order valence-electron chi connectivity index (χ2n) is 4.79. The van der Waals surface area contributed by atoms with Crippen LogP contribution in [0.3, 0.4) is 0 Å². The molecule has 116 valence electrons. The summed E-state index contributed by atoms with van der Waals surface area (Å²) in [5.74, 6) is -0.842. The molecule has 22 heavy (non-hydrogen) atoms. The Kier molecular flexibility index (Phi) is 3.98. The molecule has 0 aliphatic carbocycles. The Bertz CT molecular complexity index is 773. The van der Waals surface area contributed by atoms with E-state index in [2.05, 4.69) is 5.32 Å². The van der Waals surface area contributed by atoms with Crippen molar-refractivity contribution in [1.29, 1.82) is 0 Å². The summed E-state index contributed by atoms with van der Waals surface area (Å²) in [6.45, 7) is 0.426. The van der Waals surface area contributed by atoms with Gasteiger partial charge in [-0.1, -0.05) is 18.2 Å². The Morgan fingerprint density at radius 2 is 1.95 bits per heavy atom. The molecule has 2 aromatic rings. The van der Waals surface area contributed by atoms with Crippen LogP contribution >= 0.6 is 11.3 Å². The van der Waals surface area contributed by atoms with E-state index in [0.717, 1.165) is 11.3 Å². The highest BCUT2D eigenvalue weighted by atomic mass is 32.2. The van der Waals surface area contributed by atoms with Crippen molar-refractivity contribution in [3.05, 3.63) is 53.2 Å². The van der Waals surface area contributed by atoms with Crippen molar-refractivity contribution >= 4 is 27.3 Å². The fourth-order valence-corrected chi connectivity index (χ4v) is 5.09. The maximum atomic E-state index is 13.1. The molecule has 8 heteroatoms. The van der Waals surface area contributed by atoms with Gasteiger partial charge in [0.15, 0.2) is 0 Å². The van der Waals surface area contributed by atoms with Crippen LogP contribution in [0.1, 0.15) is 11.6 Å². The van der Waals surface area contributed by atoms with Gasteiger partial charge in [0.2, 0.25) is 5.91 Å². The summed E-state index contributed by atoms with van der Waals surface area (Å²) in [7, 11) is -3.76. The van der Waals surface area contributed by atoms with Crippen LogP contribution in [0.15, 0.2) is 46.0 Å². The molecule has 1 amide bonds. The van der Waals surface area contributed by atoms with E-state index in [9.17, 15) is 17.6 Å². The van der Waals surface area contributed by atoms with Crippen LogP contribution in [-0.2, 0) is 14.8 Å². The third-order valence-electron chi connectivity index (χ3n) is 3.41. The van der Waals surface area contributed by atoms with Gasteiger partial charge in [0.1, 0.15) is 16.1 Å². The van der Waals surface area contributed by atoms with Crippen molar-refractivity contribution in [2.24, 2.45) is 0 Å². The number of sulfonamides is 1. The summed E-state index contributed by atoms with van der Waals surface area (Å²) in [5.41, 5.74) is 0.443. The predicted octanol–water partition coefficient (Wildman–Crippen LogP) is 1.75. The molecule has 5 nitrogen and oxygen atoms in total. The molecule has 0 bridgehead atoms. The first kappa shape index (κ1) is 15.1. The zero-order chi connectivity index (χ0) is 15.7. The molecule has 0 radical (unpaired) electrons. The fourth-order valence-electron chi connectivity index (χ4n) is 2.39. The minimum Gasteiger partial charge on any atom is -0.353 e. The van der Waals surface area contributed by atoms with Gasteiger partial charge in [-0.05, 0) is 29.1 Å². The molecule has 1 aliphatic rings. The van der Waals surface area contributed by atoms with E-state index < -0.39 is 27.8 Å². The van der Waals surface area contributed by atoms with Gasteiger partial charge in [0.05, 0.1) is 0 Å². The monoisotopic (exact) mass is 340 g/mol. The third-order valence-corrected chi connectivity index (χ3v) is 6.65. The van der Waals surface area contributed by atoms with E-state index in [1.165, 1.54) is 34.6 Å². The highest BCUT2D eigenvalue weighted by Crippen LogP contribution is 2.31. The van der Waals surface area contributed by atoms with E-state index in [-0.39, 0.29) is 17.3 Å². The van der Waals surface area contributed by atoms with E-state index in [4.69, 9.17) is 0 Å². The lowest BCUT2D eigenvalue weighted by atomic mass is 10.0. The molecular weight excluding hydrogens is 327 g/mol. The van der Waals surface area contributed by atoms with Crippen molar-refractivity contribution in [3.63, 3.8) is 0 Å². The van der Waals surface area contributed by atoms with Crippen molar-refractivity contribution in [2.75, 3.05) is 13.1 Å². The van der Waals surface area contributed by atoms with Crippen LogP contribution < -0.4 is 5.32 Å². The summed E-state index contributed by atoms with van der Waals surface area (Å²) < 4.78 is 39.9. The molecule has 1 fully saturated rings. The summed E-state index contributed by atoms with van der Waals surface area (Å²) >= 11 is 1.10. The molecule has 1 unspecified atom stereocenters. The molecule has 3 rings (SSSR count). The second kappa shape index (κ2) is 5.79. The smallest absolute Gasteiger partial charge is 0.253 e. The minimum absolute atomic E-state index is 0.175. The molecule has 0 spiro atoms. The molecule has 1 atom stereocenters. The van der Waals surface area contributed by atoms with E-state index in [1.807, 2.05) is 0 Å². The number of nitrogens with zero attached hydrogens (tertiary/aromatic N) is 1. The average molecular weight is 340 g/mol. The first-order chi connectivity index (χ1) is 10.5. The first-order valence-electron chi connectivity index (χ1n) is 6.59.